The van der Waals surface area contributed by atoms with Crippen molar-refractivity contribution in [3.05, 3.63) is 27.3 Å². The van der Waals surface area contributed by atoms with Crippen LogP contribution in [-0.4, -0.2) is 43.0 Å². The largest absolute Gasteiger partial charge is 0.493 e. The highest BCUT2D eigenvalue weighted by Gasteiger charge is 2.74. The number of alkyl halides is 4. The Labute approximate surface area is 184 Å². The maximum absolute atomic E-state index is 14.5. The van der Waals surface area contributed by atoms with E-state index in [1.165, 1.54) is 0 Å². The van der Waals surface area contributed by atoms with Crippen LogP contribution in [0, 0.1) is 21.3 Å². The fraction of sp³-hybridized carbons (Fsp3) is 0.667. The molecule has 0 aromatic heterocycles. The predicted octanol–water partition coefficient (Wildman–Crippen LogP) is 4.24. The molecule has 2 bridgehead atoms. The summed E-state index contributed by atoms with van der Waals surface area (Å²) in [6.07, 6.45) is -2.39. The molecule has 6 nitrogen and oxygen atoms in total. The van der Waals surface area contributed by atoms with Crippen LogP contribution in [-0.2, 0) is 19.6 Å². The van der Waals surface area contributed by atoms with Crippen molar-refractivity contribution in [3.8, 4) is 5.75 Å². The first-order valence-corrected chi connectivity index (χ1v) is 11.9. The van der Waals surface area contributed by atoms with Crippen LogP contribution in [0.25, 0.3) is 0 Å². The lowest BCUT2D eigenvalue weighted by molar-refractivity contribution is -0.210. The molecule has 1 aromatic carbocycles. The van der Waals surface area contributed by atoms with Crippen LogP contribution < -0.4 is 4.74 Å². The quantitative estimate of drug-likeness (QED) is 0.315. The smallest absolute Gasteiger partial charge is 0.431 e. The molecule has 1 aliphatic heterocycles. The number of fused-ring (bicyclic) bond motifs is 5. The van der Waals surface area contributed by atoms with Crippen molar-refractivity contribution in [1.29, 1.82) is 0 Å². The number of ether oxygens (including phenoxy) is 3. The number of benzene rings is 1. The first-order chi connectivity index (χ1) is 13.9. The zero-order valence-electron chi connectivity index (χ0n) is 15.6. The first-order valence-electron chi connectivity index (χ1n) is 9.34. The maximum Gasteiger partial charge on any atom is 0.431 e. The number of halogens is 5. The van der Waals surface area contributed by atoms with Crippen molar-refractivity contribution in [2.75, 3.05) is 6.61 Å². The van der Waals surface area contributed by atoms with Crippen molar-refractivity contribution in [1.82, 2.24) is 0 Å². The van der Waals surface area contributed by atoms with E-state index in [0.717, 1.165) is 3.57 Å². The van der Waals surface area contributed by atoms with Gasteiger partial charge < -0.3 is 14.2 Å². The van der Waals surface area contributed by atoms with Gasteiger partial charge in [0.25, 0.3) is 0 Å². The van der Waals surface area contributed by atoms with Crippen LogP contribution in [0.1, 0.15) is 31.6 Å². The van der Waals surface area contributed by atoms with Gasteiger partial charge in [-0.15, -0.1) is 0 Å². The van der Waals surface area contributed by atoms with E-state index in [-0.39, 0.29) is 12.8 Å². The van der Waals surface area contributed by atoms with Gasteiger partial charge in [-0.2, -0.15) is 26.0 Å². The molecule has 0 radical (unpaired) electrons. The third-order valence-corrected chi connectivity index (χ3v) is 7.89. The molecule has 12 heteroatoms. The van der Waals surface area contributed by atoms with Crippen molar-refractivity contribution in [2.45, 2.75) is 49.4 Å². The van der Waals surface area contributed by atoms with Gasteiger partial charge in [-0.05, 0) is 66.3 Å². The summed E-state index contributed by atoms with van der Waals surface area (Å²) in [5.74, 6) is -7.66. The summed E-state index contributed by atoms with van der Waals surface area (Å²) < 4.78 is 105. The molecule has 1 aromatic rings. The lowest BCUT2D eigenvalue weighted by atomic mass is 9.81. The molecule has 3 aliphatic rings. The fourth-order valence-electron chi connectivity index (χ4n) is 4.84. The average molecular weight is 566 g/mol. The van der Waals surface area contributed by atoms with E-state index in [9.17, 15) is 26.0 Å². The molecule has 0 spiro atoms. The monoisotopic (exact) mass is 566 g/mol. The van der Waals surface area contributed by atoms with E-state index in [2.05, 4.69) is 22.6 Å². The molecule has 6 unspecified atom stereocenters. The standard InChI is InChI=1S/C18H19F4IO6S/c1-2-27-13-4-3-8(7-12(13)23)16-28-14-9-5-10(15(14)29-16)11(6-9)17(19,20)18(21,22)30(24,25)26/h3-4,7,9-11,14-16H,2,5-6H2,1H3,(H,24,25,26). The van der Waals surface area contributed by atoms with E-state index < -0.39 is 57.5 Å². The lowest BCUT2D eigenvalue weighted by Crippen LogP contribution is -2.55. The van der Waals surface area contributed by atoms with Gasteiger partial charge in [-0.25, -0.2) is 0 Å². The van der Waals surface area contributed by atoms with Gasteiger partial charge in [0.1, 0.15) is 5.75 Å². The van der Waals surface area contributed by atoms with E-state index >= 15 is 0 Å². The normalized spacial score (nSPS) is 33.7. The second-order valence-corrected chi connectivity index (χ2v) is 10.4. The molecule has 1 N–H and O–H groups in total. The summed E-state index contributed by atoms with van der Waals surface area (Å²) in [5, 5.41) is -5.57. The topological polar surface area (TPSA) is 82.1 Å². The SMILES string of the molecule is CCOc1ccc(C2OC3C4CC(C3O2)C(C(F)(F)C(F)(F)S(=O)(=O)O)C4)cc1I. The van der Waals surface area contributed by atoms with E-state index in [1.54, 1.807) is 18.2 Å². The highest BCUT2D eigenvalue weighted by Crippen LogP contribution is 2.62. The van der Waals surface area contributed by atoms with Crippen LogP contribution in [0.5, 0.6) is 5.75 Å². The van der Waals surface area contributed by atoms with Gasteiger partial charge in [0, 0.05) is 11.5 Å². The molecule has 2 saturated carbocycles. The third-order valence-electron chi connectivity index (χ3n) is 6.13. The second-order valence-electron chi connectivity index (χ2n) is 7.77. The molecule has 1 saturated heterocycles. The van der Waals surface area contributed by atoms with Gasteiger partial charge in [-0.1, -0.05) is 6.07 Å². The fourth-order valence-corrected chi connectivity index (χ4v) is 6.03. The van der Waals surface area contributed by atoms with Crippen LogP contribution >= 0.6 is 22.6 Å². The summed E-state index contributed by atoms with van der Waals surface area (Å²) in [7, 11) is -6.27. The Morgan fingerprint density at radius 1 is 1.20 bits per heavy atom. The minimum atomic E-state index is -6.27. The van der Waals surface area contributed by atoms with Gasteiger partial charge in [-0.3, -0.25) is 4.55 Å². The van der Waals surface area contributed by atoms with Gasteiger partial charge >= 0.3 is 21.3 Å². The molecule has 168 valence electrons. The molecule has 0 amide bonds. The number of hydrogen-bond acceptors (Lipinski definition) is 5. The maximum atomic E-state index is 14.5. The Morgan fingerprint density at radius 2 is 1.87 bits per heavy atom. The zero-order valence-corrected chi connectivity index (χ0v) is 18.6. The number of rotatable bonds is 6. The highest BCUT2D eigenvalue weighted by molar-refractivity contribution is 14.1. The Morgan fingerprint density at radius 3 is 2.47 bits per heavy atom. The summed E-state index contributed by atoms with van der Waals surface area (Å²) in [4.78, 5) is 0. The molecular weight excluding hydrogens is 547 g/mol. The van der Waals surface area contributed by atoms with Gasteiger partial charge in [0.05, 0.1) is 22.4 Å². The second kappa shape index (κ2) is 7.42. The van der Waals surface area contributed by atoms with Crippen LogP contribution in [0.15, 0.2) is 18.2 Å². The molecule has 3 fully saturated rings. The Kier molecular flexibility index (Phi) is 5.57. The summed E-state index contributed by atoms with van der Waals surface area (Å²) in [6.45, 7) is 2.34. The minimum Gasteiger partial charge on any atom is -0.493 e. The highest BCUT2D eigenvalue weighted by atomic mass is 127. The molecule has 4 rings (SSSR count). The molecule has 6 atom stereocenters. The van der Waals surface area contributed by atoms with Gasteiger partial charge in [0.15, 0.2) is 6.29 Å². The zero-order chi connectivity index (χ0) is 22.1. The van der Waals surface area contributed by atoms with Crippen molar-refractivity contribution in [3.63, 3.8) is 0 Å². The summed E-state index contributed by atoms with van der Waals surface area (Å²) in [5.41, 5.74) is 0.642. The Hall–Kier alpha value is -0.700. The average Bonchev–Trinajstić information content (AvgIpc) is 3.34. The third kappa shape index (κ3) is 3.33. The number of hydrogen-bond donors (Lipinski definition) is 1. The Bertz CT molecular complexity index is 943. The van der Waals surface area contributed by atoms with Crippen molar-refractivity contribution >= 4 is 32.7 Å². The molecule has 1 heterocycles. The van der Waals surface area contributed by atoms with Crippen LogP contribution in [0.3, 0.4) is 0 Å². The molecule has 2 aliphatic carbocycles. The Balaban J connectivity index is 1.54. The van der Waals surface area contributed by atoms with Crippen LogP contribution in [0.2, 0.25) is 0 Å². The van der Waals surface area contributed by atoms with Crippen molar-refractivity contribution in [2.24, 2.45) is 17.8 Å². The van der Waals surface area contributed by atoms with Crippen molar-refractivity contribution < 1.29 is 44.7 Å². The minimum absolute atomic E-state index is 0.171. The predicted molar refractivity (Wildman–Crippen MR) is 104 cm³/mol. The van der Waals surface area contributed by atoms with E-state index in [0.29, 0.717) is 17.9 Å². The first kappa shape index (κ1) is 22.5. The van der Waals surface area contributed by atoms with Crippen LogP contribution in [0.4, 0.5) is 17.6 Å². The van der Waals surface area contributed by atoms with E-state index in [1.807, 2.05) is 6.92 Å². The lowest BCUT2D eigenvalue weighted by Gasteiger charge is -2.36. The summed E-state index contributed by atoms with van der Waals surface area (Å²) in [6, 6.07) is 5.23. The summed E-state index contributed by atoms with van der Waals surface area (Å²) >= 11 is 2.08. The molecule has 30 heavy (non-hydrogen) atoms. The van der Waals surface area contributed by atoms with E-state index in [4.69, 9.17) is 18.8 Å². The molecular formula is C18H19F4IO6S. The van der Waals surface area contributed by atoms with Gasteiger partial charge in [0.2, 0.25) is 0 Å².